The Kier molecular flexibility index (Phi) is 8.51. The normalized spacial score (nSPS) is 13.2. The quantitative estimate of drug-likeness (QED) is 0.183. The molecule has 1 aliphatic heterocycles. The molecule has 0 amide bonds. The Bertz CT molecular complexity index is 1950. The lowest BCUT2D eigenvalue weighted by Crippen LogP contribution is -2.23. The number of rotatable bonds is 11. The molecule has 0 spiro atoms. The molecule has 226 valence electrons. The van der Waals surface area contributed by atoms with E-state index >= 15 is 0 Å². The SMILES string of the molecule is Cc1cc(-c2cc(F)c(=O)n(Cc3ccc4c(c3)OCO4)c2)nc(S(=O)(=O)CCC(OCc2cncs2)c2ccccc2)n1. The van der Waals surface area contributed by atoms with Crippen LogP contribution < -0.4 is 15.0 Å². The minimum atomic E-state index is -3.97. The van der Waals surface area contributed by atoms with Gasteiger partial charge in [-0.2, -0.15) is 0 Å². The fourth-order valence-electron chi connectivity index (χ4n) is 4.78. The third kappa shape index (κ3) is 6.69. The summed E-state index contributed by atoms with van der Waals surface area (Å²) in [6.45, 7) is 2.09. The van der Waals surface area contributed by atoms with Gasteiger partial charge in [-0.1, -0.05) is 36.4 Å². The molecule has 44 heavy (non-hydrogen) atoms. The number of benzene rings is 2. The number of sulfone groups is 1. The number of halogens is 1. The molecule has 0 radical (unpaired) electrons. The lowest BCUT2D eigenvalue weighted by molar-refractivity contribution is 0.0391. The van der Waals surface area contributed by atoms with Crippen LogP contribution in [0.2, 0.25) is 0 Å². The van der Waals surface area contributed by atoms with E-state index in [-0.39, 0.29) is 41.9 Å². The van der Waals surface area contributed by atoms with Crippen LogP contribution in [0.5, 0.6) is 11.5 Å². The zero-order valence-corrected chi connectivity index (χ0v) is 25.2. The van der Waals surface area contributed by atoms with Crippen molar-refractivity contribution in [3.63, 3.8) is 0 Å². The highest BCUT2D eigenvalue weighted by Crippen LogP contribution is 2.33. The van der Waals surface area contributed by atoms with Gasteiger partial charge in [-0.25, -0.2) is 22.8 Å². The van der Waals surface area contributed by atoms with Crippen molar-refractivity contribution in [2.45, 2.75) is 37.8 Å². The Morgan fingerprint density at radius 2 is 1.89 bits per heavy atom. The Labute approximate surface area is 256 Å². The minimum Gasteiger partial charge on any atom is -0.454 e. The molecule has 0 N–H and O–H groups in total. The third-order valence-electron chi connectivity index (χ3n) is 6.97. The first-order valence-corrected chi connectivity index (χ1v) is 16.2. The Morgan fingerprint density at radius 3 is 2.68 bits per heavy atom. The molecule has 4 heterocycles. The summed E-state index contributed by atoms with van der Waals surface area (Å²) in [6, 6.07) is 17.2. The van der Waals surface area contributed by atoms with Gasteiger partial charge in [-0.3, -0.25) is 9.78 Å². The minimum absolute atomic E-state index is 0.0534. The molecule has 3 aromatic heterocycles. The first-order valence-electron chi connectivity index (χ1n) is 13.7. The largest absolute Gasteiger partial charge is 0.454 e. The van der Waals surface area contributed by atoms with Gasteiger partial charge in [0.1, 0.15) is 0 Å². The maximum atomic E-state index is 14.9. The maximum absolute atomic E-state index is 14.9. The van der Waals surface area contributed by atoms with Crippen LogP contribution in [0.15, 0.2) is 88.5 Å². The van der Waals surface area contributed by atoms with Crippen molar-refractivity contribution in [1.82, 2.24) is 19.5 Å². The molecule has 6 rings (SSSR count). The summed E-state index contributed by atoms with van der Waals surface area (Å²) >= 11 is 1.46. The van der Waals surface area contributed by atoms with Crippen molar-refractivity contribution < 1.29 is 27.0 Å². The van der Waals surface area contributed by atoms with Crippen molar-refractivity contribution >= 4 is 21.2 Å². The first kappa shape index (κ1) is 29.6. The predicted molar refractivity (Wildman–Crippen MR) is 161 cm³/mol. The highest BCUT2D eigenvalue weighted by atomic mass is 32.2. The zero-order chi connectivity index (χ0) is 30.7. The van der Waals surface area contributed by atoms with Gasteiger partial charge in [0.05, 0.1) is 41.1 Å². The molecular weight excluding hydrogens is 607 g/mol. The Morgan fingerprint density at radius 1 is 1.07 bits per heavy atom. The van der Waals surface area contributed by atoms with E-state index in [4.69, 9.17) is 14.2 Å². The summed E-state index contributed by atoms with van der Waals surface area (Å²) < 4.78 is 60.0. The molecule has 0 aliphatic carbocycles. The highest BCUT2D eigenvalue weighted by molar-refractivity contribution is 7.91. The summed E-state index contributed by atoms with van der Waals surface area (Å²) in [5.74, 6) is -0.145. The molecular formula is C31H27FN4O6S2. The summed E-state index contributed by atoms with van der Waals surface area (Å²) in [6.07, 6.45) is 2.83. The van der Waals surface area contributed by atoms with Gasteiger partial charge in [0.2, 0.25) is 21.8 Å². The van der Waals surface area contributed by atoms with Crippen LogP contribution in [0.4, 0.5) is 4.39 Å². The van der Waals surface area contributed by atoms with E-state index in [0.717, 1.165) is 16.5 Å². The second-order valence-corrected chi connectivity index (χ2v) is 13.1. The van der Waals surface area contributed by atoms with E-state index in [2.05, 4.69) is 15.0 Å². The molecule has 2 aromatic carbocycles. The summed E-state index contributed by atoms with van der Waals surface area (Å²) in [5, 5.41) is -0.379. The Hall–Kier alpha value is -4.46. The monoisotopic (exact) mass is 634 g/mol. The fraction of sp³-hybridized carbons (Fsp3) is 0.226. The maximum Gasteiger partial charge on any atom is 0.286 e. The van der Waals surface area contributed by atoms with Gasteiger partial charge in [0.25, 0.3) is 5.56 Å². The van der Waals surface area contributed by atoms with E-state index in [1.807, 2.05) is 30.3 Å². The summed E-state index contributed by atoms with van der Waals surface area (Å²) in [4.78, 5) is 26.2. The molecule has 13 heteroatoms. The van der Waals surface area contributed by atoms with Crippen LogP contribution in [0.3, 0.4) is 0 Å². The van der Waals surface area contributed by atoms with E-state index < -0.39 is 27.3 Å². The average Bonchev–Trinajstić information content (AvgIpc) is 3.72. The Balaban J connectivity index is 1.25. The van der Waals surface area contributed by atoms with Gasteiger partial charge < -0.3 is 18.8 Å². The first-order chi connectivity index (χ1) is 21.2. The van der Waals surface area contributed by atoms with Gasteiger partial charge >= 0.3 is 0 Å². The van der Waals surface area contributed by atoms with Gasteiger partial charge in [0, 0.05) is 23.7 Å². The molecule has 1 unspecified atom stereocenters. The van der Waals surface area contributed by atoms with Crippen molar-refractivity contribution in [3.05, 3.63) is 116 Å². The van der Waals surface area contributed by atoms with Crippen LogP contribution in [0.1, 0.15) is 34.2 Å². The standard InChI is InChI=1S/C31H27FN4O6S2/c1-20-11-26(23-13-25(32)30(37)36(16-23)15-21-7-8-28-29(12-21)42-19-41-28)35-31(34-20)44(38,39)10-9-27(22-5-3-2-4-6-22)40-17-24-14-33-18-43-24/h2-8,11-14,16,18,27H,9-10,15,17,19H2,1H3. The zero-order valence-electron chi connectivity index (χ0n) is 23.6. The van der Waals surface area contributed by atoms with Crippen LogP contribution >= 0.6 is 11.3 Å². The molecule has 5 aromatic rings. The number of pyridine rings is 1. The number of aryl methyl sites for hydroxylation is 1. The molecule has 0 fully saturated rings. The van der Waals surface area contributed by atoms with E-state index in [1.54, 1.807) is 42.9 Å². The molecule has 0 saturated carbocycles. The third-order valence-corrected chi connectivity index (χ3v) is 9.24. The number of hydrogen-bond acceptors (Lipinski definition) is 10. The molecule has 0 bridgehead atoms. The van der Waals surface area contributed by atoms with Gasteiger partial charge in [-0.05, 0) is 48.7 Å². The van der Waals surface area contributed by atoms with Crippen LogP contribution in [0.25, 0.3) is 11.3 Å². The topological polar surface area (TPSA) is 123 Å². The average molecular weight is 635 g/mol. The summed E-state index contributed by atoms with van der Waals surface area (Å²) in [5.41, 5.74) is 3.22. The number of thiazole rings is 1. The lowest BCUT2D eigenvalue weighted by Gasteiger charge is -2.18. The fourth-order valence-corrected chi connectivity index (χ4v) is 6.53. The molecule has 10 nitrogen and oxygen atoms in total. The smallest absolute Gasteiger partial charge is 0.286 e. The molecule has 0 saturated heterocycles. The number of aromatic nitrogens is 4. The van der Waals surface area contributed by atoms with Crippen molar-refractivity contribution in [1.29, 1.82) is 0 Å². The van der Waals surface area contributed by atoms with Crippen molar-refractivity contribution in [2.75, 3.05) is 12.5 Å². The summed E-state index contributed by atoms with van der Waals surface area (Å²) in [7, 11) is -3.97. The van der Waals surface area contributed by atoms with E-state index in [0.29, 0.717) is 29.4 Å². The van der Waals surface area contributed by atoms with E-state index in [9.17, 15) is 17.6 Å². The molecule has 1 aliphatic rings. The van der Waals surface area contributed by atoms with Crippen LogP contribution in [-0.4, -0.2) is 40.5 Å². The number of ether oxygens (including phenoxy) is 3. The predicted octanol–water partition coefficient (Wildman–Crippen LogP) is 5.11. The number of nitrogens with zero attached hydrogens (tertiary/aromatic N) is 4. The number of hydrogen-bond donors (Lipinski definition) is 0. The van der Waals surface area contributed by atoms with Crippen LogP contribution in [0, 0.1) is 12.7 Å². The van der Waals surface area contributed by atoms with E-state index in [1.165, 1.54) is 22.1 Å². The highest BCUT2D eigenvalue weighted by Gasteiger charge is 2.24. The van der Waals surface area contributed by atoms with Crippen molar-refractivity contribution in [3.8, 4) is 22.8 Å². The van der Waals surface area contributed by atoms with Crippen molar-refractivity contribution in [2.24, 2.45) is 0 Å². The van der Waals surface area contributed by atoms with Crippen LogP contribution in [-0.2, 0) is 27.7 Å². The lowest BCUT2D eigenvalue weighted by atomic mass is 10.1. The number of fused-ring (bicyclic) bond motifs is 1. The van der Waals surface area contributed by atoms with Gasteiger partial charge in [0.15, 0.2) is 17.3 Å². The second kappa shape index (κ2) is 12.6. The second-order valence-electron chi connectivity index (χ2n) is 10.2. The molecule has 1 atom stereocenters. The van der Waals surface area contributed by atoms with Gasteiger partial charge in [-0.15, -0.1) is 11.3 Å².